The molecule has 4 rings (SSSR count). The highest BCUT2D eigenvalue weighted by Crippen LogP contribution is 2.24. The van der Waals surface area contributed by atoms with E-state index in [0.29, 0.717) is 60.5 Å². The maximum atomic E-state index is 12.7. The monoisotopic (exact) mass is 787 g/mol. The van der Waals surface area contributed by atoms with Gasteiger partial charge in [0.1, 0.15) is 17.2 Å². The Balaban J connectivity index is 1.01. The van der Waals surface area contributed by atoms with Crippen molar-refractivity contribution in [1.29, 1.82) is 5.26 Å². The molecule has 0 aliphatic carbocycles. The molecule has 9 nitrogen and oxygen atoms in total. The number of carbonyl (C=O) groups excluding carboxylic acids is 3. The highest BCUT2D eigenvalue weighted by molar-refractivity contribution is 5.92. The lowest BCUT2D eigenvalue weighted by Crippen LogP contribution is -2.10. The minimum Gasteiger partial charge on any atom is -0.494 e. The van der Waals surface area contributed by atoms with E-state index in [-0.39, 0.29) is 5.97 Å². The number of benzene rings is 4. The Hall–Kier alpha value is -5.88. The van der Waals surface area contributed by atoms with Gasteiger partial charge in [0.2, 0.25) is 0 Å². The van der Waals surface area contributed by atoms with Crippen molar-refractivity contribution >= 4 is 17.9 Å². The summed E-state index contributed by atoms with van der Waals surface area (Å²) in [6.07, 6.45) is 15.1. The number of unbranched alkanes of at least 4 members (excludes halogenated alkanes) is 9. The van der Waals surface area contributed by atoms with E-state index in [1.54, 1.807) is 48.5 Å². The van der Waals surface area contributed by atoms with E-state index in [1.165, 1.54) is 44.6 Å². The summed E-state index contributed by atoms with van der Waals surface area (Å²) in [6, 6.07) is 30.9. The summed E-state index contributed by atoms with van der Waals surface area (Å²) >= 11 is 0. The number of hydrogen-bond acceptors (Lipinski definition) is 9. The maximum absolute atomic E-state index is 12.7. The van der Waals surface area contributed by atoms with E-state index < -0.39 is 11.9 Å². The molecule has 1 atom stereocenters. The Kier molecular flexibility index (Phi) is 20.2. The van der Waals surface area contributed by atoms with Gasteiger partial charge in [-0.3, -0.25) is 0 Å². The predicted octanol–water partition coefficient (Wildman–Crippen LogP) is 11.5. The minimum atomic E-state index is -0.493. The molecule has 0 aromatic heterocycles. The topological polar surface area (TPSA) is 121 Å². The Morgan fingerprint density at radius 2 is 1.02 bits per heavy atom. The summed E-state index contributed by atoms with van der Waals surface area (Å²) in [5.74, 6) is 1.01. The van der Waals surface area contributed by atoms with Crippen LogP contribution in [0.3, 0.4) is 0 Å². The van der Waals surface area contributed by atoms with Gasteiger partial charge in [-0.05, 0) is 122 Å². The Morgan fingerprint density at radius 3 is 1.59 bits per heavy atom. The average Bonchev–Trinajstić information content (AvgIpc) is 3.25. The van der Waals surface area contributed by atoms with Crippen LogP contribution in [0.2, 0.25) is 0 Å². The summed E-state index contributed by atoms with van der Waals surface area (Å²) in [4.78, 5) is 36.3. The molecule has 0 saturated carbocycles. The lowest BCUT2D eigenvalue weighted by molar-refractivity contribution is -0.137. The SMILES string of the molecule is C=CC(=O)OCCCCCCCCCCCCOc1ccc(C(=O)Oc2ccc(C(=O)OCCC[C@H](C)CCOc3ccc(-c4ccc(C#N)cc4)cc3)cc2)cc1. The molecule has 0 fully saturated rings. The Labute approximate surface area is 343 Å². The van der Waals surface area contributed by atoms with E-state index >= 15 is 0 Å². The molecule has 0 N–H and O–H groups in total. The molecule has 306 valence electrons. The first kappa shape index (κ1) is 44.8. The van der Waals surface area contributed by atoms with Gasteiger partial charge in [0.15, 0.2) is 0 Å². The van der Waals surface area contributed by atoms with E-state index in [0.717, 1.165) is 61.8 Å². The first-order valence-corrected chi connectivity index (χ1v) is 20.6. The number of hydrogen-bond donors (Lipinski definition) is 0. The van der Waals surface area contributed by atoms with Crippen molar-refractivity contribution in [2.24, 2.45) is 5.92 Å². The molecule has 0 heterocycles. The predicted molar refractivity (Wildman–Crippen MR) is 226 cm³/mol. The number of nitrogens with zero attached hydrogens (tertiary/aromatic N) is 1. The molecule has 58 heavy (non-hydrogen) atoms. The zero-order valence-electron chi connectivity index (χ0n) is 33.8. The second-order valence-electron chi connectivity index (χ2n) is 14.4. The van der Waals surface area contributed by atoms with Crippen molar-refractivity contribution < 1.29 is 38.1 Å². The van der Waals surface area contributed by atoms with Crippen LogP contribution < -0.4 is 14.2 Å². The van der Waals surface area contributed by atoms with Crippen molar-refractivity contribution in [1.82, 2.24) is 0 Å². The third kappa shape index (κ3) is 17.1. The van der Waals surface area contributed by atoms with E-state index in [2.05, 4.69) is 19.6 Å². The largest absolute Gasteiger partial charge is 0.494 e. The van der Waals surface area contributed by atoms with Crippen molar-refractivity contribution in [3.05, 3.63) is 126 Å². The van der Waals surface area contributed by atoms with Crippen LogP contribution in [-0.2, 0) is 14.3 Å². The summed E-state index contributed by atoms with van der Waals surface area (Å²) in [5.41, 5.74) is 3.55. The number of esters is 3. The van der Waals surface area contributed by atoms with Gasteiger partial charge >= 0.3 is 17.9 Å². The lowest BCUT2D eigenvalue weighted by Gasteiger charge is -2.13. The minimum absolute atomic E-state index is 0.319. The van der Waals surface area contributed by atoms with Gasteiger partial charge in [-0.15, -0.1) is 0 Å². The molecular weight excluding hydrogens is 731 g/mol. The molecule has 0 unspecified atom stereocenters. The maximum Gasteiger partial charge on any atom is 0.343 e. The molecule has 9 heteroatoms. The van der Waals surface area contributed by atoms with Crippen molar-refractivity contribution in [2.75, 3.05) is 26.4 Å². The molecule has 0 amide bonds. The van der Waals surface area contributed by atoms with Crippen LogP contribution in [0.4, 0.5) is 0 Å². The number of ether oxygens (including phenoxy) is 5. The third-order valence-electron chi connectivity index (χ3n) is 9.76. The zero-order chi connectivity index (χ0) is 41.2. The average molecular weight is 788 g/mol. The Bertz CT molecular complexity index is 1860. The van der Waals surface area contributed by atoms with Gasteiger partial charge in [0.05, 0.1) is 49.2 Å². The Morgan fingerprint density at radius 1 is 0.552 bits per heavy atom. The van der Waals surface area contributed by atoms with Crippen LogP contribution in [0.15, 0.2) is 110 Å². The summed E-state index contributed by atoms with van der Waals surface area (Å²) in [6.45, 7) is 7.57. The fourth-order valence-electron chi connectivity index (χ4n) is 6.24. The van der Waals surface area contributed by atoms with Crippen molar-refractivity contribution in [3.63, 3.8) is 0 Å². The van der Waals surface area contributed by atoms with Gasteiger partial charge in [0.25, 0.3) is 0 Å². The second-order valence-corrected chi connectivity index (χ2v) is 14.4. The standard InChI is InChI=1S/C49H57NO8/c1-3-47(51)56-34-13-11-9-7-5-4-6-8-10-12-33-54-44-28-22-43(23-29-44)49(53)58-46-30-24-42(25-31-46)48(52)57-35-14-15-38(2)32-36-55-45-26-20-41(21-27-45)40-18-16-39(37-50)17-19-40/h3,16-31,38H,1,4-15,32-36H2,2H3/t38-/m0/s1. The van der Waals surface area contributed by atoms with Crippen LogP contribution in [0.1, 0.15) is 117 Å². The van der Waals surface area contributed by atoms with Crippen LogP contribution in [0.25, 0.3) is 11.1 Å². The van der Waals surface area contributed by atoms with Gasteiger partial charge in [0, 0.05) is 6.08 Å². The molecule has 0 aliphatic heterocycles. The van der Waals surface area contributed by atoms with Crippen LogP contribution in [0, 0.1) is 17.2 Å². The highest BCUT2D eigenvalue weighted by Gasteiger charge is 2.12. The fourth-order valence-corrected chi connectivity index (χ4v) is 6.24. The molecular formula is C49H57NO8. The third-order valence-corrected chi connectivity index (χ3v) is 9.76. The summed E-state index contributed by atoms with van der Waals surface area (Å²) in [5, 5.41) is 8.99. The molecule has 0 spiro atoms. The van der Waals surface area contributed by atoms with Crippen molar-refractivity contribution in [3.8, 4) is 34.4 Å². The van der Waals surface area contributed by atoms with Gasteiger partial charge in [-0.1, -0.05) is 89.1 Å². The molecule has 0 aliphatic rings. The second kappa shape index (κ2) is 26.1. The lowest BCUT2D eigenvalue weighted by atomic mass is 10.0. The summed E-state index contributed by atoms with van der Waals surface area (Å²) in [7, 11) is 0. The quantitative estimate of drug-likeness (QED) is 0.0251. The van der Waals surface area contributed by atoms with Gasteiger partial charge < -0.3 is 23.7 Å². The van der Waals surface area contributed by atoms with Crippen molar-refractivity contribution in [2.45, 2.75) is 90.4 Å². The number of carbonyl (C=O) groups is 3. The van der Waals surface area contributed by atoms with Gasteiger partial charge in [-0.25, -0.2) is 14.4 Å². The summed E-state index contributed by atoms with van der Waals surface area (Å²) < 4.78 is 27.8. The molecule has 4 aromatic carbocycles. The number of nitriles is 1. The van der Waals surface area contributed by atoms with Crippen LogP contribution in [-0.4, -0.2) is 44.3 Å². The fraction of sp³-hybridized carbons (Fsp3) is 0.388. The van der Waals surface area contributed by atoms with E-state index in [1.807, 2.05) is 48.5 Å². The highest BCUT2D eigenvalue weighted by atomic mass is 16.5. The first-order chi connectivity index (χ1) is 28.3. The van der Waals surface area contributed by atoms with E-state index in [4.69, 9.17) is 28.9 Å². The van der Waals surface area contributed by atoms with Crippen LogP contribution in [0.5, 0.6) is 17.2 Å². The van der Waals surface area contributed by atoms with Gasteiger partial charge in [-0.2, -0.15) is 5.26 Å². The molecule has 0 saturated heterocycles. The molecule has 0 radical (unpaired) electrons. The molecule has 0 bridgehead atoms. The first-order valence-electron chi connectivity index (χ1n) is 20.6. The van der Waals surface area contributed by atoms with E-state index in [9.17, 15) is 14.4 Å². The van der Waals surface area contributed by atoms with Crippen LogP contribution >= 0.6 is 0 Å². The normalized spacial score (nSPS) is 11.2. The zero-order valence-corrected chi connectivity index (χ0v) is 33.8. The smallest absolute Gasteiger partial charge is 0.343 e. The number of rotatable bonds is 27. The molecule has 4 aromatic rings.